The Bertz CT molecular complexity index is 746. The van der Waals surface area contributed by atoms with Crippen molar-refractivity contribution in [2.24, 2.45) is 0 Å². The van der Waals surface area contributed by atoms with Gasteiger partial charge in [0.25, 0.3) is 0 Å². The Morgan fingerprint density at radius 2 is 1.96 bits per heavy atom. The van der Waals surface area contributed by atoms with Gasteiger partial charge in [-0.3, -0.25) is 0 Å². The summed E-state index contributed by atoms with van der Waals surface area (Å²) < 4.78 is 0. The Labute approximate surface area is 145 Å². The molecule has 0 saturated heterocycles. The van der Waals surface area contributed by atoms with Crippen LogP contribution >= 0.6 is 23.2 Å². The lowest BCUT2D eigenvalue weighted by molar-refractivity contribution is 0.258. The largest absolute Gasteiger partial charge is 0.337 e. The number of nitrogens with one attached hydrogen (secondary N) is 2. The van der Waals surface area contributed by atoms with Gasteiger partial charge in [0.1, 0.15) is 0 Å². The van der Waals surface area contributed by atoms with Crippen molar-refractivity contribution < 1.29 is 4.79 Å². The van der Waals surface area contributed by atoms with E-state index < -0.39 is 6.03 Å². The van der Waals surface area contributed by atoms with E-state index in [0.717, 1.165) is 29.8 Å². The predicted octanol–water partition coefficient (Wildman–Crippen LogP) is 4.39. The number of urea groups is 1. The van der Waals surface area contributed by atoms with Gasteiger partial charge >= 0.3 is 6.03 Å². The summed E-state index contributed by atoms with van der Waals surface area (Å²) in [5.74, 6) is 0.167. The lowest BCUT2D eigenvalue weighted by atomic mass is 9.85. The number of carbonyl (C=O) groups is 1. The highest BCUT2D eigenvalue weighted by atomic mass is 35.5. The van der Waals surface area contributed by atoms with E-state index in [4.69, 9.17) is 28.9 Å². The van der Waals surface area contributed by atoms with Crippen LogP contribution in [0.25, 0.3) is 0 Å². The Kier molecular flexibility index (Phi) is 4.48. The van der Waals surface area contributed by atoms with Crippen LogP contribution in [0.3, 0.4) is 0 Å². The summed E-state index contributed by atoms with van der Waals surface area (Å²) in [6.07, 6.45) is 0. The van der Waals surface area contributed by atoms with Crippen molar-refractivity contribution in [3.8, 4) is 0 Å². The molecule has 0 bridgehead atoms. The highest BCUT2D eigenvalue weighted by Crippen LogP contribution is 2.38. The number of fused-ring (bicyclic) bond motifs is 1. The number of rotatable bonds is 2. The van der Waals surface area contributed by atoms with Gasteiger partial charge in [-0.2, -0.15) is 0 Å². The van der Waals surface area contributed by atoms with E-state index in [1.807, 2.05) is 30.3 Å². The summed E-state index contributed by atoms with van der Waals surface area (Å²) >= 11 is 12.6. The average molecular weight is 349 g/mol. The zero-order chi connectivity index (χ0) is 16.6. The van der Waals surface area contributed by atoms with Crippen LogP contribution in [0, 0.1) is 0 Å². The number of carbonyl (C=O) groups excluding carboxylic acids is 1. The second-order valence-corrected chi connectivity index (χ2v) is 6.62. The van der Waals surface area contributed by atoms with Gasteiger partial charge in [0, 0.05) is 34.7 Å². The Morgan fingerprint density at radius 1 is 1.26 bits per heavy atom. The molecule has 2 aromatic rings. The highest BCUT2D eigenvalue weighted by molar-refractivity contribution is 6.35. The third kappa shape index (κ3) is 3.44. The molecule has 2 aromatic carbocycles. The Morgan fingerprint density at radius 3 is 2.61 bits per heavy atom. The Balaban J connectivity index is 1.99. The number of nitrogens with zero attached hydrogens (tertiary/aromatic N) is 1. The molecule has 1 unspecified atom stereocenters. The summed E-state index contributed by atoms with van der Waals surface area (Å²) in [7, 11) is 2.07. The third-order valence-electron chi connectivity index (χ3n) is 4.06. The van der Waals surface area contributed by atoms with E-state index in [0.29, 0.717) is 15.7 Å². The quantitative estimate of drug-likeness (QED) is 0.874. The predicted molar refractivity (Wildman–Crippen MR) is 93.2 cm³/mol. The number of anilines is 1. The van der Waals surface area contributed by atoms with Gasteiger partial charge in [0.15, 0.2) is 0 Å². The van der Waals surface area contributed by atoms with Crippen LogP contribution in [-0.2, 0) is 6.54 Å². The molecular formula is C17H16Cl2N3O. The minimum Gasteiger partial charge on any atom is -0.307 e. The van der Waals surface area contributed by atoms with E-state index in [2.05, 4.69) is 17.3 Å². The summed E-state index contributed by atoms with van der Waals surface area (Å²) in [6, 6.07) is 10.5. The molecule has 0 saturated carbocycles. The average Bonchev–Trinajstić information content (AvgIpc) is 2.48. The first-order valence-corrected chi connectivity index (χ1v) is 7.98. The molecule has 0 aliphatic carbocycles. The second kappa shape index (κ2) is 6.40. The van der Waals surface area contributed by atoms with E-state index in [9.17, 15) is 4.79 Å². The molecule has 1 heterocycles. The van der Waals surface area contributed by atoms with Gasteiger partial charge < -0.3 is 10.2 Å². The number of halogens is 2. The van der Waals surface area contributed by atoms with Crippen LogP contribution in [0.4, 0.5) is 10.5 Å². The van der Waals surface area contributed by atoms with Crippen LogP contribution in [-0.4, -0.2) is 24.5 Å². The van der Waals surface area contributed by atoms with Crippen molar-refractivity contribution in [3.05, 3.63) is 63.1 Å². The molecule has 0 fully saturated rings. The lowest BCUT2D eigenvalue weighted by Gasteiger charge is -2.33. The van der Waals surface area contributed by atoms with Crippen LogP contribution in [0.1, 0.15) is 22.6 Å². The van der Waals surface area contributed by atoms with Crippen molar-refractivity contribution in [2.45, 2.75) is 12.5 Å². The SMILES string of the molecule is CN1Cc2c(Cl)cc(Cl)cc2C(c2ccc(NC([NH])=O)cc2)C1. The zero-order valence-corrected chi connectivity index (χ0v) is 14.1. The molecule has 119 valence electrons. The topological polar surface area (TPSA) is 56.1 Å². The first-order valence-electron chi connectivity index (χ1n) is 7.23. The molecule has 6 heteroatoms. The normalized spacial score (nSPS) is 17.6. The zero-order valence-electron chi connectivity index (χ0n) is 12.6. The molecule has 2 amide bonds. The molecule has 1 aliphatic rings. The summed E-state index contributed by atoms with van der Waals surface area (Å²) in [5.41, 5.74) is 10.9. The first kappa shape index (κ1) is 16.1. The maximum absolute atomic E-state index is 10.8. The van der Waals surface area contributed by atoms with Crippen LogP contribution in [0.5, 0.6) is 0 Å². The summed E-state index contributed by atoms with van der Waals surface area (Å²) in [6.45, 7) is 1.67. The minimum absolute atomic E-state index is 0.167. The van der Waals surface area contributed by atoms with Gasteiger partial charge in [-0.25, -0.2) is 10.5 Å². The number of amides is 2. The number of hydrogen-bond donors (Lipinski definition) is 1. The van der Waals surface area contributed by atoms with Crippen LogP contribution in [0.2, 0.25) is 10.0 Å². The number of benzene rings is 2. The van der Waals surface area contributed by atoms with Gasteiger partial charge in [-0.15, -0.1) is 0 Å². The van der Waals surface area contributed by atoms with Crippen molar-refractivity contribution >= 4 is 34.9 Å². The van der Waals surface area contributed by atoms with E-state index >= 15 is 0 Å². The summed E-state index contributed by atoms with van der Waals surface area (Å²) in [4.78, 5) is 13.0. The van der Waals surface area contributed by atoms with Gasteiger partial charge in [-0.05, 0) is 48.0 Å². The fraction of sp³-hybridized carbons (Fsp3) is 0.235. The molecular weight excluding hydrogens is 333 g/mol. The molecule has 0 aromatic heterocycles. The van der Waals surface area contributed by atoms with Crippen molar-refractivity contribution in [3.63, 3.8) is 0 Å². The standard InChI is InChI=1S/C17H16Cl2N3O/c1-22-8-14(10-2-4-12(5-3-10)21-17(20)23)13-6-11(18)7-16(19)15(13)9-22/h2-7,14,20H,8-9H2,1H3,(H,21,23). The fourth-order valence-electron chi connectivity index (χ4n) is 3.06. The van der Waals surface area contributed by atoms with Gasteiger partial charge in [0.05, 0.1) is 0 Å². The first-order chi connectivity index (χ1) is 10.9. The maximum Gasteiger partial charge on any atom is 0.337 e. The molecule has 23 heavy (non-hydrogen) atoms. The monoisotopic (exact) mass is 348 g/mol. The van der Waals surface area contributed by atoms with Crippen molar-refractivity contribution in [1.29, 1.82) is 0 Å². The maximum atomic E-state index is 10.8. The van der Waals surface area contributed by atoms with Gasteiger partial charge in [-0.1, -0.05) is 35.3 Å². The van der Waals surface area contributed by atoms with E-state index in [-0.39, 0.29) is 5.92 Å². The number of hydrogen-bond acceptors (Lipinski definition) is 2. The molecule has 2 N–H and O–H groups in total. The second-order valence-electron chi connectivity index (χ2n) is 5.78. The highest BCUT2D eigenvalue weighted by Gasteiger charge is 2.26. The van der Waals surface area contributed by atoms with Crippen molar-refractivity contribution in [2.75, 3.05) is 18.9 Å². The Hall–Kier alpha value is -1.75. The smallest absolute Gasteiger partial charge is 0.307 e. The van der Waals surface area contributed by atoms with E-state index in [1.54, 1.807) is 6.07 Å². The molecule has 3 rings (SSSR count). The molecule has 1 aliphatic heterocycles. The summed E-state index contributed by atoms with van der Waals surface area (Å²) in [5, 5.41) is 3.79. The van der Waals surface area contributed by atoms with Crippen LogP contribution in [0.15, 0.2) is 36.4 Å². The molecule has 1 atom stereocenters. The third-order valence-corrected chi connectivity index (χ3v) is 4.62. The van der Waals surface area contributed by atoms with Crippen LogP contribution < -0.4 is 11.1 Å². The molecule has 1 radical (unpaired) electrons. The van der Waals surface area contributed by atoms with Crippen molar-refractivity contribution in [1.82, 2.24) is 10.6 Å². The van der Waals surface area contributed by atoms with E-state index in [1.165, 1.54) is 0 Å². The fourth-order valence-corrected chi connectivity index (χ4v) is 3.63. The van der Waals surface area contributed by atoms with Gasteiger partial charge in [0.2, 0.25) is 0 Å². The lowest BCUT2D eigenvalue weighted by Crippen LogP contribution is -2.31. The minimum atomic E-state index is -0.820. The number of likely N-dealkylation sites (N-methyl/N-ethyl adjacent to an activating group) is 1. The molecule has 4 nitrogen and oxygen atoms in total. The molecule has 0 spiro atoms.